The standard InChI is InChI=1S/C15H15N3O3/c1-20-13-3-4-14(21-2)12(9-13)10-17-18-15(19)11-5-7-16-8-6-11/h3-10H,1-2H3,(H,18,19). The molecule has 1 aromatic carbocycles. The largest absolute Gasteiger partial charge is 0.497 e. The second-order valence-corrected chi connectivity index (χ2v) is 4.04. The molecule has 0 atom stereocenters. The van der Waals surface area contributed by atoms with Gasteiger partial charge in [0.2, 0.25) is 0 Å². The van der Waals surface area contributed by atoms with E-state index in [2.05, 4.69) is 15.5 Å². The van der Waals surface area contributed by atoms with Gasteiger partial charge in [-0.15, -0.1) is 0 Å². The maximum atomic E-state index is 11.8. The minimum Gasteiger partial charge on any atom is -0.497 e. The monoisotopic (exact) mass is 285 g/mol. The van der Waals surface area contributed by atoms with Crippen LogP contribution in [-0.2, 0) is 0 Å². The summed E-state index contributed by atoms with van der Waals surface area (Å²) in [6.07, 6.45) is 4.59. The Hall–Kier alpha value is -2.89. The lowest BCUT2D eigenvalue weighted by Crippen LogP contribution is -2.17. The third-order valence-corrected chi connectivity index (χ3v) is 2.75. The van der Waals surface area contributed by atoms with E-state index in [9.17, 15) is 4.79 Å². The Morgan fingerprint density at radius 2 is 1.95 bits per heavy atom. The molecule has 6 heteroatoms. The fourth-order valence-electron chi connectivity index (χ4n) is 1.67. The molecular weight excluding hydrogens is 270 g/mol. The number of pyridine rings is 1. The summed E-state index contributed by atoms with van der Waals surface area (Å²) in [4.78, 5) is 15.7. The molecule has 0 unspecified atom stereocenters. The summed E-state index contributed by atoms with van der Waals surface area (Å²) in [5, 5.41) is 3.92. The summed E-state index contributed by atoms with van der Waals surface area (Å²) in [5.41, 5.74) is 3.63. The summed E-state index contributed by atoms with van der Waals surface area (Å²) in [6, 6.07) is 8.53. The maximum Gasteiger partial charge on any atom is 0.271 e. The van der Waals surface area contributed by atoms with Crippen LogP contribution < -0.4 is 14.9 Å². The predicted octanol–water partition coefficient (Wildman–Crippen LogP) is 1.86. The molecule has 0 bridgehead atoms. The van der Waals surface area contributed by atoms with E-state index in [0.29, 0.717) is 22.6 Å². The molecular formula is C15H15N3O3. The van der Waals surface area contributed by atoms with Gasteiger partial charge in [-0.05, 0) is 30.3 Å². The van der Waals surface area contributed by atoms with E-state index in [1.807, 2.05) is 0 Å². The Balaban J connectivity index is 2.09. The van der Waals surface area contributed by atoms with Crippen molar-refractivity contribution in [2.75, 3.05) is 14.2 Å². The average Bonchev–Trinajstić information content (AvgIpc) is 2.55. The molecule has 0 saturated heterocycles. The molecule has 2 rings (SSSR count). The molecule has 0 aliphatic carbocycles. The number of hydrogen-bond acceptors (Lipinski definition) is 5. The maximum absolute atomic E-state index is 11.8. The molecule has 6 nitrogen and oxygen atoms in total. The lowest BCUT2D eigenvalue weighted by Gasteiger charge is -2.06. The van der Waals surface area contributed by atoms with E-state index in [0.717, 1.165) is 0 Å². The first-order valence-corrected chi connectivity index (χ1v) is 6.20. The van der Waals surface area contributed by atoms with Crippen molar-refractivity contribution in [1.29, 1.82) is 0 Å². The molecule has 21 heavy (non-hydrogen) atoms. The number of benzene rings is 1. The van der Waals surface area contributed by atoms with E-state index in [4.69, 9.17) is 9.47 Å². The van der Waals surface area contributed by atoms with Gasteiger partial charge in [-0.3, -0.25) is 9.78 Å². The molecule has 0 aliphatic heterocycles. The molecule has 1 amide bonds. The van der Waals surface area contributed by atoms with E-state index in [-0.39, 0.29) is 5.91 Å². The Bertz CT molecular complexity index is 642. The molecule has 1 aromatic heterocycles. The summed E-state index contributed by atoms with van der Waals surface area (Å²) in [7, 11) is 3.14. The summed E-state index contributed by atoms with van der Waals surface area (Å²) in [6.45, 7) is 0. The number of methoxy groups -OCH3 is 2. The third-order valence-electron chi connectivity index (χ3n) is 2.75. The number of nitrogens with one attached hydrogen (secondary N) is 1. The van der Waals surface area contributed by atoms with Gasteiger partial charge in [-0.1, -0.05) is 0 Å². The van der Waals surface area contributed by atoms with Crippen LogP contribution in [0, 0.1) is 0 Å². The lowest BCUT2D eigenvalue weighted by atomic mass is 10.2. The number of carbonyl (C=O) groups is 1. The van der Waals surface area contributed by atoms with Crippen molar-refractivity contribution in [2.45, 2.75) is 0 Å². The van der Waals surface area contributed by atoms with Crippen LogP contribution in [0.25, 0.3) is 0 Å². The Kier molecular flexibility index (Phi) is 4.87. The first-order chi connectivity index (χ1) is 10.2. The van der Waals surface area contributed by atoms with Crippen molar-refractivity contribution < 1.29 is 14.3 Å². The molecule has 1 heterocycles. The normalized spacial score (nSPS) is 10.4. The summed E-state index contributed by atoms with van der Waals surface area (Å²) >= 11 is 0. The molecule has 0 fully saturated rings. The molecule has 1 N–H and O–H groups in total. The van der Waals surface area contributed by atoms with Gasteiger partial charge in [0.25, 0.3) is 5.91 Å². The van der Waals surface area contributed by atoms with Crippen LogP contribution in [0.3, 0.4) is 0 Å². The molecule has 0 saturated carbocycles. The van der Waals surface area contributed by atoms with Gasteiger partial charge < -0.3 is 9.47 Å². The van der Waals surface area contributed by atoms with Gasteiger partial charge in [0.1, 0.15) is 11.5 Å². The van der Waals surface area contributed by atoms with Gasteiger partial charge >= 0.3 is 0 Å². The Morgan fingerprint density at radius 3 is 2.62 bits per heavy atom. The summed E-state index contributed by atoms with van der Waals surface area (Å²) < 4.78 is 10.4. The van der Waals surface area contributed by atoms with Crippen molar-refractivity contribution in [2.24, 2.45) is 5.10 Å². The van der Waals surface area contributed by atoms with Crippen molar-refractivity contribution in [3.05, 3.63) is 53.9 Å². The number of aromatic nitrogens is 1. The van der Waals surface area contributed by atoms with Gasteiger partial charge in [0.15, 0.2) is 0 Å². The van der Waals surface area contributed by atoms with Crippen LogP contribution in [-0.4, -0.2) is 31.3 Å². The number of amides is 1. The van der Waals surface area contributed by atoms with Crippen LogP contribution >= 0.6 is 0 Å². The van der Waals surface area contributed by atoms with Crippen LogP contribution in [0.15, 0.2) is 47.8 Å². The second-order valence-electron chi connectivity index (χ2n) is 4.04. The molecule has 0 aliphatic rings. The minimum atomic E-state index is -0.310. The predicted molar refractivity (Wildman–Crippen MR) is 78.8 cm³/mol. The fraction of sp³-hybridized carbons (Fsp3) is 0.133. The first kappa shape index (κ1) is 14.5. The number of hydrazone groups is 1. The summed E-state index contributed by atoms with van der Waals surface area (Å²) in [5.74, 6) is 1.01. The van der Waals surface area contributed by atoms with Crippen molar-refractivity contribution in [3.63, 3.8) is 0 Å². The number of hydrogen-bond donors (Lipinski definition) is 1. The topological polar surface area (TPSA) is 72.8 Å². The average molecular weight is 285 g/mol. The zero-order chi connectivity index (χ0) is 15.1. The highest BCUT2D eigenvalue weighted by Gasteiger charge is 2.04. The lowest BCUT2D eigenvalue weighted by molar-refractivity contribution is 0.0955. The third kappa shape index (κ3) is 3.79. The minimum absolute atomic E-state index is 0.310. The van der Waals surface area contributed by atoms with Gasteiger partial charge in [-0.25, -0.2) is 5.43 Å². The molecule has 108 valence electrons. The highest BCUT2D eigenvalue weighted by molar-refractivity contribution is 5.95. The quantitative estimate of drug-likeness (QED) is 0.672. The molecule has 2 aromatic rings. The van der Waals surface area contributed by atoms with Gasteiger partial charge in [-0.2, -0.15) is 5.10 Å². The SMILES string of the molecule is COc1ccc(OC)c(C=NNC(=O)c2ccncc2)c1. The fourth-order valence-corrected chi connectivity index (χ4v) is 1.67. The Labute approximate surface area is 122 Å². The number of rotatable bonds is 5. The van der Waals surface area contributed by atoms with E-state index in [1.165, 1.54) is 6.21 Å². The van der Waals surface area contributed by atoms with Gasteiger partial charge in [0, 0.05) is 23.5 Å². The number of ether oxygens (including phenoxy) is 2. The van der Waals surface area contributed by atoms with Crippen LogP contribution in [0.2, 0.25) is 0 Å². The van der Waals surface area contributed by atoms with Crippen molar-refractivity contribution in [3.8, 4) is 11.5 Å². The highest BCUT2D eigenvalue weighted by atomic mass is 16.5. The molecule has 0 radical (unpaired) electrons. The van der Waals surface area contributed by atoms with E-state index >= 15 is 0 Å². The van der Waals surface area contributed by atoms with Crippen LogP contribution in [0.1, 0.15) is 15.9 Å². The number of carbonyl (C=O) groups excluding carboxylic acids is 1. The van der Waals surface area contributed by atoms with Crippen molar-refractivity contribution >= 4 is 12.1 Å². The van der Waals surface area contributed by atoms with Crippen LogP contribution in [0.5, 0.6) is 11.5 Å². The highest BCUT2D eigenvalue weighted by Crippen LogP contribution is 2.22. The van der Waals surface area contributed by atoms with E-state index < -0.39 is 0 Å². The second kappa shape index (κ2) is 7.04. The molecule has 0 spiro atoms. The van der Waals surface area contributed by atoms with Crippen molar-refractivity contribution in [1.82, 2.24) is 10.4 Å². The zero-order valence-electron chi connectivity index (χ0n) is 11.7. The zero-order valence-corrected chi connectivity index (χ0v) is 11.7. The first-order valence-electron chi connectivity index (χ1n) is 6.20. The van der Waals surface area contributed by atoms with Gasteiger partial charge in [0.05, 0.1) is 20.4 Å². The smallest absolute Gasteiger partial charge is 0.271 e. The van der Waals surface area contributed by atoms with E-state index in [1.54, 1.807) is 56.9 Å². The Morgan fingerprint density at radius 1 is 1.19 bits per heavy atom. The number of nitrogens with zero attached hydrogens (tertiary/aromatic N) is 2. The van der Waals surface area contributed by atoms with Crippen LogP contribution in [0.4, 0.5) is 0 Å².